The average Bonchev–Trinajstić information content (AvgIpc) is 1.62. The summed E-state index contributed by atoms with van der Waals surface area (Å²) in [5, 5.41) is 46.6. The van der Waals surface area contributed by atoms with Crippen molar-refractivity contribution in [3.63, 3.8) is 0 Å². The molecule has 26 heteroatoms. The topological polar surface area (TPSA) is 263 Å². The molecule has 0 radical (unpaired) electrons. The molecule has 1 amide bonds. The summed E-state index contributed by atoms with van der Waals surface area (Å²) in [6, 6.07) is 23.6. The maximum Gasteiger partial charge on any atom is 0.433 e. The summed E-state index contributed by atoms with van der Waals surface area (Å²) in [5.41, 5.74) is 24.8. The molecule has 0 fully saturated rings. The van der Waals surface area contributed by atoms with E-state index >= 15 is 0 Å². The van der Waals surface area contributed by atoms with Gasteiger partial charge in [-0.1, -0.05) is 35.9 Å². The third-order valence-corrected chi connectivity index (χ3v) is 20.9. The summed E-state index contributed by atoms with van der Waals surface area (Å²) < 4.78 is 47.1. The Labute approximate surface area is 618 Å². The van der Waals surface area contributed by atoms with Crippen LogP contribution in [-0.4, -0.2) is 153 Å². The smallest absolute Gasteiger partial charge is 0.386 e. The molecule has 12 aromatic rings. The Morgan fingerprint density at radius 1 is 0.547 bits per heavy atom. The van der Waals surface area contributed by atoms with Crippen LogP contribution in [0.5, 0.6) is 0 Å². The third kappa shape index (κ3) is 16.0. The summed E-state index contributed by atoms with van der Waals surface area (Å²) in [6.45, 7) is 19.3. The molecule has 0 bridgehead atoms. The molecule has 0 aliphatic carbocycles. The monoisotopic (exact) mass is 1460 g/mol. The van der Waals surface area contributed by atoms with Crippen LogP contribution in [0.15, 0.2) is 122 Å². The number of aliphatic hydroxyl groups is 3. The summed E-state index contributed by atoms with van der Waals surface area (Å²) in [5.74, 6) is -0.579. The number of alkyl halides is 3. The lowest BCUT2D eigenvalue weighted by atomic mass is 9.97. The number of pyridine rings is 8. The zero-order chi connectivity index (χ0) is 75.0. The van der Waals surface area contributed by atoms with E-state index in [2.05, 4.69) is 134 Å². The van der Waals surface area contributed by atoms with Gasteiger partial charge >= 0.3 is 6.18 Å². The fourth-order valence-electron chi connectivity index (χ4n) is 15.0. The van der Waals surface area contributed by atoms with E-state index < -0.39 is 35.6 Å². The van der Waals surface area contributed by atoms with Gasteiger partial charge in [0, 0.05) is 201 Å². The SMILES string of the molecule is CN1CCc2c(c3cc(Cl)cnc3n2CC(C)(O)c2ccc(C(F)(F)F)nc2)C1.Cc1cnc2c(c1)c1c(n2CC(O)c2ccc(C#N)nc2)CCN(C)C1.Cc1cnc2c(c1)c1c(n2CC(O)c2ccc(C(N)=O)nc2)CCN(C)C1.Cc1cnc2c(c1)c1c(n2CCc2ccc(C)nc2)CCN(C)C1. The molecule has 3 atom stereocenters. The number of fused-ring (bicyclic) bond motifs is 12. The van der Waals surface area contributed by atoms with Crippen LogP contribution >= 0.6 is 11.6 Å². The number of carbonyl (C=O) groups is 1. The predicted octanol–water partition coefficient (Wildman–Crippen LogP) is 11.2. The number of hydrogen-bond donors (Lipinski definition) is 4. The average molecular weight is 1460 g/mol. The number of hydrogen-bond acceptors (Lipinski definition) is 17. The third-order valence-electron chi connectivity index (χ3n) is 20.7. The van der Waals surface area contributed by atoms with Crippen molar-refractivity contribution in [1.82, 2.24) is 77.7 Å². The fraction of sp³-hybridized carbons (Fsp3) is 0.375. The summed E-state index contributed by atoms with van der Waals surface area (Å²) in [6.07, 6.45) is 12.2. The van der Waals surface area contributed by atoms with E-state index in [1.54, 1.807) is 43.6 Å². The van der Waals surface area contributed by atoms with Crippen LogP contribution < -0.4 is 5.73 Å². The number of amides is 1. The van der Waals surface area contributed by atoms with E-state index in [4.69, 9.17) is 27.6 Å². The summed E-state index contributed by atoms with van der Waals surface area (Å²) >= 11 is 6.15. The lowest BCUT2D eigenvalue weighted by molar-refractivity contribution is -0.141. The van der Waals surface area contributed by atoms with Gasteiger partial charge in [-0.05, 0) is 162 Å². The Bertz CT molecular complexity index is 5260. The van der Waals surface area contributed by atoms with Gasteiger partial charge in [0.15, 0.2) is 0 Å². The van der Waals surface area contributed by atoms with Crippen molar-refractivity contribution in [3.05, 3.63) is 234 Å². The van der Waals surface area contributed by atoms with Gasteiger partial charge in [-0.2, -0.15) is 18.4 Å². The fourth-order valence-corrected chi connectivity index (χ4v) is 15.2. The van der Waals surface area contributed by atoms with Gasteiger partial charge < -0.3 is 58.9 Å². The molecule has 4 aliphatic rings. The number of aromatic nitrogens is 12. The van der Waals surface area contributed by atoms with E-state index in [-0.39, 0.29) is 12.2 Å². The number of likely N-dealkylation sites (N-methyl/N-ethyl adjacent to an activating group) is 4. The molecule has 106 heavy (non-hydrogen) atoms. The zero-order valence-electron chi connectivity index (χ0n) is 61.2. The minimum Gasteiger partial charge on any atom is -0.386 e. The summed E-state index contributed by atoms with van der Waals surface area (Å²) in [4.78, 5) is 54.9. The number of nitrogens with two attached hydrogens (primary N) is 1. The maximum atomic E-state index is 12.8. The Morgan fingerprint density at radius 2 is 1.00 bits per heavy atom. The van der Waals surface area contributed by atoms with Gasteiger partial charge in [0.05, 0.1) is 36.9 Å². The minimum atomic E-state index is -4.52. The highest BCUT2D eigenvalue weighted by molar-refractivity contribution is 6.31. The van der Waals surface area contributed by atoms with Crippen LogP contribution in [0, 0.1) is 39.0 Å². The quantitative estimate of drug-likeness (QED) is 0.0836. The van der Waals surface area contributed by atoms with Gasteiger partial charge in [0.1, 0.15) is 51.3 Å². The molecule has 12 aromatic heterocycles. The van der Waals surface area contributed by atoms with E-state index in [0.29, 0.717) is 46.1 Å². The number of primary amides is 1. The van der Waals surface area contributed by atoms with Gasteiger partial charge in [-0.15, -0.1) is 0 Å². The Balaban J connectivity index is 0.000000125. The van der Waals surface area contributed by atoms with E-state index in [1.807, 2.05) is 62.4 Å². The first-order valence-electron chi connectivity index (χ1n) is 35.6. The van der Waals surface area contributed by atoms with Crippen molar-refractivity contribution in [2.24, 2.45) is 5.73 Å². The minimum absolute atomic E-state index is 0.143. The van der Waals surface area contributed by atoms with Crippen LogP contribution in [0.2, 0.25) is 5.02 Å². The van der Waals surface area contributed by atoms with Crippen LogP contribution in [0.4, 0.5) is 13.2 Å². The molecule has 16 heterocycles. The first kappa shape index (κ1) is 74.4. The molecular formula is C80H88ClF3N18O4. The molecule has 0 spiro atoms. The Kier molecular flexibility index (Phi) is 21.7. The van der Waals surface area contributed by atoms with Crippen LogP contribution in [0.25, 0.3) is 44.1 Å². The van der Waals surface area contributed by atoms with Gasteiger partial charge in [-0.25, -0.2) is 24.9 Å². The second-order valence-electron chi connectivity index (χ2n) is 29.0. The lowest BCUT2D eigenvalue weighted by Crippen LogP contribution is -2.32. The second-order valence-corrected chi connectivity index (χ2v) is 29.4. The Morgan fingerprint density at radius 3 is 1.42 bits per heavy atom. The number of aryl methyl sites for hydroxylation is 6. The van der Waals surface area contributed by atoms with Gasteiger partial charge in [0.25, 0.3) is 5.91 Å². The van der Waals surface area contributed by atoms with Crippen molar-refractivity contribution < 1.29 is 33.3 Å². The van der Waals surface area contributed by atoms with Crippen molar-refractivity contribution in [2.45, 2.75) is 143 Å². The molecule has 0 aromatic carbocycles. The first-order chi connectivity index (χ1) is 50.7. The van der Waals surface area contributed by atoms with E-state index in [1.165, 1.54) is 67.9 Å². The van der Waals surface area contributed by atoms with Crippen molar-refractivity contribution in [1.29, 1.82) is 5.26 Å². The normalized spacial score (nSPS) is 16.0. The number of aliphatic hydroxyl groups excluding tert-OH is 2. The molecule has 0 saturated carbocycles. The number of nitrogens with zero attached hydrogens (tertiary/aromatic N) is 17. The molecule has 5 N–H and O–H groups in total. The molecule has 16 rings (SSSR count). The number of rotatable bonds is 13. The van der Waals surface area contributed by atoms with Crippen LogP contribution in [0.1, 0.15) is 131 Å². The largest absolute Gasteiger partial charge is 0.433 e. The number of halogens is 4. The molecule has 550 valence electrons. The standard InChI is InChI=1S/C20H20ClF3N4O.C20H23N5O2.C20H21N5O.C20H24N4/c1-19(29,12-3-4-17(25-8-12)20(22,23)24)11-28-16-5-6-27(2)10-15(16)14-7-13(21)9-26-18(14)28;1-12-7-14-15-10-24(2)6-5-17(15)25(20(14)23-8-12)11-18(26)13-3-4-16(19(21)27)22-9-13;1-13-7-16-17-11-24(2)6-5-18(17)25(20(16)23-9-13)12-19(26)14-3-4-15(8-21)22-10-14;1-14-10-17-18-13-23(3)8-7-19(18)24(20(17)22-11-14)9-6-16-5-4-15(2)21-12-16/h3-4,7-9,29H,5-6,10-11H2,1-2H3;3-4,7-9,18,26H,5-6,10-11H2,1-2H3,(H2,21,27);3-4,7,9-10,19,26H,5-6,11-12H2,1-2H3;4-5,10-12H,6-9,13H2,1-3H3. The molecule has 4 aliphatic heterocycles. The number of nitriles is 1. The van der Waals surface area contributed by atoms with Crippen molar-refractivity contribution >= 4 is 61.6 Å². The highest BCUT2D eigenvalue weighted by Crippen LogP contribution is 2.38. The first-order valence-corrected chi connectivity index (χ1v) is 36.0. The Hall–Kier alpha value is -9.88. The maximum absolute atomic E-state index is 12.8. The van der Waals surface area contributed by atoms with E-state index in [0.717, 1.165) is 159 Å². The number of carbonyl (C=O) groups excluding carboxylic acids is 1. The van der Waals surface area contributed by atoms with Crippen molar-refractivity contribution in [2.75, 3.05) is 54.4 Å². The lowest BCUT2D eigenvalue weighted by Gasteiger charge is -2.28. The molecular weight excluding hydrogens is 1370 g/mol. The highest BCUT2D eigenvalue weighted by Gasteiger charge is 2.36. The molecule has 0 saturated heterocycles. The predicted molar refractivity (Wildman–Crippen MR) is 401 cm³/mol. The zero-order valence-corrected chi connectivity index (χ0v) is 61.9. The molecule has 3 unspecified atom stereocenters. The van der Waals surface area contributed by atoms with Crippen molar-refractivity contribution in [3.8, 4) is 6.07 Å². The highest BCUT2D eigenvalue weighted by atomic mass is 35.5. The second kappa shape index (κ2) is 30.9. The van der Waals surface area contributed by atoms with Gasteiger partial charge in [0.2, 0.25) is 0 Å². The molecule has 22 nitrogen and oxygen atoms in total. The van der Waals surface area contributed by atoms with Crippen LogP contribution in [0.3, 0.4) is 0 Å². The van der Waals surface area contributed by atoms with Gasteiger partial charge in [-0.3, -0.25) is 19.7 Å². The van der Waals surface area contributed by atoms with E-state index in [9.17, 15) is 33.3 Å². The summed E-state index contributed by atoms with van der Waals surface area (Å²) in [7, 11) is 8.49. The van der Waals surface area contributed by atoms with Crippen LogP contribution in [-0.2, 0) is 96.2 Å².